The highest BCUT2D eigenvalue weighted by molar-refractivity contribution is 5.44. The fourth-order valence-electron chi connectivity index (χ4n) is 2.51. The van der Waals surface area contributed by atoms with Gasteiger partial charge in [0.15, 0.2) is 0 Å². The summed E-state index contributed by atoms with van der Waals surface area (Å²) in [4.78, 5) is 2.24. The van der Waals surface area contributed by atoms with E-state index in [-0.39, 0.29) is 0 Å². The van der Waals surface area contributed by atoms with Crippen LogP contribution in [0.4, 0.5) is 0 Å². The largest absolute Gasteiger partial charge is 0.493 e. The van der Waals surface area contributed by atoms with E-state index in [4.69, 9.17) is 4.74 Å². The Bertz CT molecular complexity index is 422. The van der Waals surface area contributed by atoms with Crippen molar-refractivity contribution in [3.8, 4) is 5.75 Å². The fourth-order valence-corrected chi connectivity index (χ4v) is 2.51. The molecule has 1 aromatic carbocycles. The Morgan fingerprint density at radius 1 is 1.21 bits per heavy atom. The third kappa shape index (κ3) is 4.54. The second-order valence-electron chi connectivity index (χ2n) is 6.23. The molecular formula is C17H27NO. The summed E-state index contributed by atoms with van der Waals surface area (Å²) in [7, 11) is 4.26. The van der Waals surface area contributed by atoms with Gasteiger partial charge in [-0.1, -0.05) is 17.7 Å². The molecule has 0 spiro atoms. The maximum absolute atomic E-state index is 6.09. The SMILES string of the molecule is Cc1cc(C)c(OCC2CC2)c(CCCN(C)C)c1. The van der Waals surface area contributed by atoms with Gasteiger partial charge in [0.25, 0.3) is 0 Å². The summed E-state index contributed by atoms with van der Waals surface area (Å²) in [6.45, 7) is 6.39. The van der Waals surface area contributed by atoms with Crippen LogP contribution in [-0.4, -0.2) is 32.1 Å². The molecule has 1 saturated carbocycles. The molecule has 0 N–H and O–H groups in total. The molecule has 0 heterocycles. The standard InChI is InChI=1S/C17H27NO/c1-13-10-14(2)17(19-12-15-7-8-15)16(11-13)6-5-9-18(3)4/h10-11,15H,5-9,12H2,1-4H3. The summed E-state index contributed by atoms with van der Waals surface area (Å²) in [6.07, 6.45) is 5.00. The summed E-state index contributed by atoms with van der Waals surface area (Å²) in [6, 6.07) is 4.53. The first-order valence-corrected chi connectivity index (χ1v) is 7.44. The van der Waals surface area contributed by atoms with E-state index >= 15 is 0 Å². The number of benzene rings is 1. The summed E-state index contributed by atoms with van der Waals surface area (Å²) >= 11 is 0. The van der Waals surface area contributed by atoms with E-state index in [1.807, 2.05) is 0 Å². The minimum absolute atomic E-state index is 0.815. The minimum Gasteiger partial charge on any atom is -0.493 e. The smallest absolute Gasteiger partial charge is 0.125 e. The van der Waals surface area contributed by atoms with Gasteiger partial charge in [-0.2, -0.15) is 0 Å². The highest BCUT2D eigenvalue weighted by Crippen LogP contribution is 2.32. The molecule has 2 rings (SSSR count). The molecule has 1 aromatic rings. The Hall–Kier alpha value is -1.02. The zero-order valence-corrected chi connectivity index (χ0v) is 12.8. The Morgan fingerprint density at radius 2 is 1.95 bits per heavy atom. The van der Waals surface area contributed by atoms with Gasteiger partial charge in [0.1, 0.15) is 5.75 Å². The predicted molar refractivity (Wildman–Crippen MR) is 81.0 cm³/mol. The normalized spacial score (nSPS) is 15.0. The highest BCUT2D eigenvalue weighted by Gasteiger charge is 2.22. The molecule has 0 bridgehead atoms. The summed E-state index contributed by atoms with van der Waals surface area (Å²) < 4.78 is 6.09. The Labute approximate surface area is 117 Å². The van der Waals surface area contributed by atoms with Gasteiger partial charge in [-0.05, 0) is 77.2 Å². The van der Waals surface area contributed by atoms with Crippen molar-refractivity contribution in [3.63, 3.8) is 0 Å². The molecule has 0 amide bonds. The van der Waals surface area contributed by atoms with Crippen LogP contribution in [0.5, 0.6) is 5.75 Å². The molecular weight excluding hydrogens is 234 g/mol. The van der Waals surface area contributed by atoms with E-state index in [9.17, 15) is 0 Å². The van der Waals surface area contributed by atoms with Crippen LogP contribution in [0, 0.1) is 19.8 Å². The first-order valence-electron chi connectivity index (χ1n) is 7.44. The first kappa shape index (κ1) is 14.4. The van der Waals surface area contributed by atoms with Crippen LogP contribution in [0.3, 0.4) is 0 Å². The number of aryl methyl sites for hydroxylation is 3. The van der Waals surface area contributed by atoms with Gasteiger partial charge in [0.2, 0.25) is 0 Å². The topological polar surface area (TPSA) is 12.5 Å². The van der Waals surface area contributed by atoms with Gasteiger partial charge in [0, 0.05) is 0 Å². The fraction of sp³-hybridized carbons (Fsp3) is 0.647. The third-order valence-electron chi connectivity index (χ3n) is 3.71. The van der Waals surface area contributed by atoms with Crippen LogP contribution in [0.15, 0.2) is 12.1 Å². The van der Waals surface area contributed by atoms with Crippen LogP contribution < -0.4 is 4.74 Å². The van der Waals surface area contributed by atoms with Crippen molar-refractivity contribution in [3.05, 3.63) is 28.8 Å². The number of hydrogen-bond donors (Lipinski definition) is 0. The van der Waals surface area contributed by atoms with Crippen LogP contribution in [0.2, 0.25) is 0 Å². The van der Waals surface area contributed by atoms with Gasteiger partial charge in [-0.3, -0.25) is 0 Å². The van der Waals surface area contributed by atoms with Crippen LogP contribution in [0.1, 0.15) is 36.0 Å². The van der Waals surface area contributed by atoms with Crippen molar-refractivity contribution in [1.29, 1.82) is 0 Å². The second-order valence-corrected chi connectivity index (χ2v) is 6.23. The van der Waals surface area contributed by atoms with Crippen molar-refractivity contribution >= 4 is 0 Å². The van der Waals surface area contributed by atoms with Gasteiger partial charge in [-0.25, -0.2) is 0 Å². The molecule has 19 heavy (non-hydrogen) atoms. The van der Waals surface area contributed by atoms with Crippen molar-refractivity contribution < 1.29 is 4.74 Å². The lowest BCUT2D eigenvalue weighted by Gasteiger charge is -2.16. The number of rotatable bonds is 7. The lowest BCUT2D eigenvalue weighted by atomic mass is 10.0. The van der Waals surface area contributed by atoms with Crippen molar-refractivity contribution in [2.45, 2.75) is 39.5 Å². The molecule has 1 aliphatic carbocycles. The maximum Gasteiger partial charge on any atom is 0.125 e. The molecule has 1 fully saturated rings. The Morgan fingerprint density at radius 3 is 2.58 bits per heavy atom. The molecule has 0 aromatic heterocycles. The number of nitrogens with zero attached hydrogens (tertiary/aromatic N) is 1. The van der Waals surface area contributed by atoms with Gasteiger partial charge >= 0.3 is 0 Å². The summed E-state index contributed by atoms with van der Waals surface area (Å²) in [5.41, 5.74) is 4.02. The lowest BCUT2D eigenvalue weighted by molar-refractivity contribution is 0.294. The second kappa shape index (κ2) is 6.42. The molecule has 0 aliphatic heterocycles. The van der Waals surface area contributed by atoms with Gasteiger partial charge in [-0.15, -0.1) is 0 Å². The van der Waals surface area contributed by atoms with Crippen LogP contribution >= 0.6 is 0 Å². The maximum atomic E-state index is 6.09. The summed E-state index contributed by atoms with van der Waals surface area (Å²) in [5, 5.41) is 0. The average molecular weight is 261 g/mol. The molecule has 2 nitrogen and oxygen atoms in total. The number of hydrogen-bond acceptors (Lipinski definition) is 2. The molecule has 0 saturated heterocycles. The van der Waals surface area contributed by atoms with Crippen LogP contribution in [-0.2, 0) is 6.42 Å². The van der Waals surface area contributed by atoms with E-state index in [1.54, 1.807) is 0 Å². The van der Waals surface area contributed by atoms with E-state index < -0.39 is 0 Å². The summed E-state index contributed by atoms with van der Waals surface area (Å²) in [5.74, 6) is 1.96. The van der Waals surface area contributed by atoms with E-state index in [0.29, 0.717) is 0 Å². The van der Waals surface area contributed by atoms with Gasteiger partial charge in [0.05, 0.1) is 6.61 Å². The molecule has 0 radical (unpaired) electrons. The van der Waals surface area contributed by atoms with Crippen molar-refractivity contribution in [2.75, 3.05) is 27.2 Å². The highest BCUT2D eigenvalue weighted by atomic mass is 16.5. The Kier molecular flexibility index (Phi) is 4.87. The first-order chi connectivity index (χ1) is 9.06. The Balaban J connectivity index is 2.03. The van der Waals surface area contributed by atoms with Crippen LogP contribution in [0.25, 0.3) is 0 Å². The minimum atomic E-state index is 0.815. The lowest BCUT2D eigenvalue weighted by Crippen LogP contribution is -2.14. The quantitative estimate of drug-likeness (QED) is 0.744. The van der Waals surface area contributed by atoms with E-state index in [1.165, 1.54) is 36.0 Å². The van der Waals surface area contributed by atoms with Crippen molar-refractivity contribution in [2.24, 2.45) is 5.92 Å². The van der Waals surface area contributed by atoms with E-state index in [2.05, 4.69) is 45.0 Å². The average Bonchev–Trinajstić information content (AvgIpc) is 3.11. The van der Waals surface area contributed by atoms with Gasteiger partial charge < -0.3 is 9.64 Å². The third-order valence-corrected chi connectivity index (χ3v) is 3.71. The monoisotopic (exact) mass is 261 g/mol. The number of ether oxygens (including phenoxy) is 1. The van der Waals surface area contributed by atoms with Crippen molar-refractivity contribution in [1.82, 2.24) is 4.90 Å². The zero-order chi connectivity index (χ0) is 13.8. The molecule has 106 valence electrons. The predicted octanol–water partition coefficient (Wildman–Crippen LogP) is 3.59. The molecule has 0 unspecified atom stereocenters. The molecule has 1 aliphatic rings. The molecule has 2 heteroatoms. The van der Waals surface area contributed by atoms with E-state index in [0.717, 1.165) is 31.2 Å². The molecule has 0 atom stereocenters. The zero-order valence-electron chi connectivity index (χ0n) is 12.8.